The second-order valence-corrected chi connectivity index (χ2v) is 3.29. The summed E-state index contributed by atoms with van der Waals surface area (Å²) in [4.78, 5) is 15.1. The average molecular weight is 221 g/mol. The van der Waals surface area contributed by atoms with E-state index >= 15 is 0 Å². The van der Waals surface area contributed by atoms with Crippen molar-refractivity contribution in [3.8, 4) is 0 Å². The number of rotatable bonds is 4. The number of methoxy groups -OCH3 is 1. The minimum absolute atomic E-state index is 0.192. The second kappa shape index (κ2) is 5.90. The third kappa shape index (κ3) is 3.73. The molecule has 0 aliphatic heterocycles. The van der Waals surface area contributed by atoms with Crippen molar-refractivity contribution >= 4 is 5.97 Å². The first kappa shape index (κ1) is 12.2. The predicted octanol–water partition coefficient (Wildman–Crippen LogP) is 2.24. The lowest BCUT2D eigenvalue weighted by Crippen LogP contribution is -2.03. The number of carbonyl (C=O) groups is 1. The van der Waals surface area contributed by atoms with Crippen molar-refractivity contribution in [1.82, 2.24) is 4.98 Å². The predicted molar refractivity (Wildman–Crippen MR) is 59.5 cm³/mol. The number of pyridine rings is 1. The largest absolute Gasteiger partial charge is 0.489 e. The number of aromatic nitrogens is 1. The van der Waals surface area contributed by atoms with Gasteiger partial charge in [0.2, 0.25) is 0 Å². The van der Waals surface area contributed by atoms with E-state index in [0.29, 0.717) is 5.76 Å². The molecular formula is C12H15NO3. The zero-order valence-electron chi connectivity index (χ0n) is 9.64. The van der Waals surface area contributed by atoms with Crippen molar-refractivity contribution in [3.05, 3.63) is 41.9 Å². The molecule has 4 nitrogen and oxygen atoms in total. The monoisotopic (exact) mass is 221 g/mol. The van der Waals surface area contributed by atoms with E-state index in [0.717, 1.165) is 5.69 Å². The molecule has 1 atom stereocenters. The van der Waals surface area contributed by atoms with Crippen LogP contribution in [-0.4, -0.2) is 18.1 Å². The number of nitrogens with zero attached hydrogens (tertiary/aromatic N) is 1. The normalized spacial score (nSPS) is 13.1. The fraction of sp³-hybridized carbons (Fsp3) is 0.333. The van der Waals surface area contributed by atoms with E-state index in [1.807, 2.05) is 25.1 Å². The number of carbonyl (C=O) groups excluding carboxylic acids is 1. The smallest absolute Gasteiger partial charge is 0.333 e. The molecule has 1 aromatic rings. The summed E-state index contributed by atoms with van der Waals surface area (Å²) in [6.45, 7) is 3.58. The Bertz CT molecular complexity index is 373. The standard InChI is InChI=1S/C12H15NO3/c1-9(8-12(14)15-3)16-10(2)11-6-4-5-7-13-11/h4-8,10H,1-3H3/b9-8-/t10-/m0/s1. The molecule has 0 saturated heterocycles. The molecule has 1 rings (SSSR count). The number of hydrogen-bond acceptors (Lipinski definition) is 4. The maximum absolute atomic E-state index is 10.9. The van der Waals surface area contributed by atoms with Crippen LogP contribution in [0, 0.1) is 0 Å². The van der Waals surface area contributed by atoms with E-state index in [4.69, 9.17) is 4.74 Å². The van der Waals surface area contributed by atoms with Crippen LogP contribution in [-0.2, 0) is 14.3 Å². The van der Waals surface area contributed by atoms with Crippen LogP contribution >= 0.6 is 0 Å². The third-order valence-corrected chi connectivity index (χ3v) is 1.99. The maximum Gasteiger partial charge on any atom is 0.333 e. The minimum atomic E-state index is -0.425. The number of allylic oxidation sites excluding steroid dienone is 1. The van der Waals surface area contributed by atoms with Crippen molar-refractivity contribution in [2.24, 2.45) is 0 Å². The fourth-order valence-corrected chi connectivity index (χ4v) is 1.21. The summed E-state index contributed by atoms with van der Waals surface area (Å²) in [5.41, 5.74) is 0.820. The van der Waals surface area contributed by atoms with Crippen molar-refractivity contribution in [2.45, 2.75) is 20.0 Å². The van der Waals surface area contributed by atoms with Gasteiger partial charge in [0.15, 0.2) is 0 Å². The summed E-state index contributed by atoms with van der Waals surface area (Å²) < 4.78 is 10.0. The Hall–Kier alpha value is -1.84. The summed E-state index contributed by atoms with van der Waals surface area (Å²) in [5, 5.41) is 0. The van der Waals surface area contributed by atoms with E-state index in [-0.39, 0.29) is 6.10 Å². The molecule has 0 bridgehead atoms. The highest BCUT2D eigenvalue weighted by Gasteiger charge is 2.08. The fourth-order valence-electron chi connectivity index (χ4n) is 1.21. The topological polar surface area (TPSA) is 48.4 Å². The van der Waals surface area contributed by atoms with Gasteiger partial charge in [-0.25, -0.2) is 4.79 Å². The molecule has 1 heterocycles. The molecular weight excluding hydrogens is 206 g/mol. The Kier molecular flexibility index (Phi) is 4.51. The van der Waals surface area contributed by atoms with Gasteiger partial charge in [-0.05, 0) is 26.0 Å². The summed E-state index contributed by atoms with van der Waals surface area (Å²) in [5.74, 6) is 0.0794. The Morgan fingerprint density at radius 1 is 1.50 bits per heavy atom. The van der Waals surface area contributed by atoms with E-state index in [9.17, 15) is 4.79 Å². The van der Waals surface area contributed by atoms with Gasteiger partial charge in [0.25, 0.3) is 0 Å². The van der Waals surface area contributed by atoms with Crippen LogP contribution in [0.25, 0.3) is 0 Å². The lowest BCUT2D eigenvalue weighted by molar-refractivity contribution is -0.135. The molecule has 16 heavy (non-hydrogen) atoms. The van der Waals surface area contributed by atoms with E-state index < -0.39 is 5.97 Å². The van der Waals surface area contributed by atoms with E-state index in [1.165, 1.54) is 13.2 Å². The van der Waals surface area contributed by atoms with Crippen LogP contribution in [0.4, 0.5) is 0 Å². The third-order valence-electron chi connectivity index (χ3n) is 1.99. The highest BCUT2D eigenvalue weighted by atomic mass is 16.5. The van der Waals surface area contributed by atoms with Crippen molar-refractivity contribution in [1.29, 1.82) is 0 Å². The molecule has 86 valence electrons. The summed E-state index contributed by atoms with van der Waals surface area (Å²) in [6.07, 6.45) is 2.82. The van der Waals surface area contributed by atoms with Gasteiger partial charge in [-0.2, -0.15) is 0 Å². The number of ether oxygens (including phenoxy) is 2. The van der Waals surface area contributed by atoms with Gasteiger partial charge in [-0.3, -0.25) is 4.98 Å². The van der Waals surface area contributed by atoms with Crippen LogP contribution in [0.2, 0.25) is 0 Å². The average Bonchev–Trinajstić information content (AvgIpc) is 2.29. The molecule has 0 radical (unpaired) electrons. The first-order chi connectivity index (χ1) is 7.63. The highest BCUT2D eigenvalue weighted by Crippen LogP contribution is 2.17. The first-order valence-electron chi connectivity index (χ1n) is 4.97. The van der Waals surface area contributed by atoms with Crippen LogP contribution in [0.15, 0.2) is 36.2 Å². The summed E-state index contributed by atoms with van der Waals surface area (Å²) in [6, 6.07) is 5.60. The zero-order valence-corrected chi connectivity index (χ0v) is 9.64. The highest BCUT2D eigenvalue weighted by molar-refractivity contribution is 5.82. The summed E-state index contributed by atoms with van der Waals surface area (Å²) >= 11 is 0. The molecule has 0 spiro atoms. The van der Waals surface area contributed by atoms with Gasteiger partial charge in [-0.1, -0.05) is 6.07 Å². The SMILES string of the molecule is COC(=O)/C=C(/C)O[C@@H](C)c1ccccn1. The van der Waals surface area contributed by atoms with Crippen LogP contribution < -0.4 is 0 Å². The lowest BCUT2D eigenvalue weighted by Gasteiger charge is -2.13. The Labute approximate surface area is 94.9 Å². The minimum Gasteiger partial charge on any atom is -0.489 e. The van der Waals surface area contributed by atoms with Crippen molar-refractivity contribution < 1.29 is 14.3 Å². The van der Waals surface area contributed by atoms with Gasteiger partial charge in [-0.15, -0.1) is 0 Å². The molecule has 0 N–H and O–H groups in total. The van der Waals surface area contributed by atoms with Gasteiger partial charge in [0.05, 0.1) is 18.9 Å². The second-order valence-electron chi connectivity index (χ2n) is 3.29. The molecule has 0 unspecified atom stereocenters. The van der Waals surface area contributed by atoms with Gasteiger partial charge < -0.3 is 9.47 Å². The molecule has 0 aromatic carbocycles. The molecule has 0 aliphatic carbocycles. The van der Waals surface area contributed by atoms with E-state index in [1.54, 1.807) is 13.1 Å². The van der Waals surface area contributed by atoms with Crippen molar-refractivity contribution in [2.75, 3.05) is 7.11 Å². The van der Waals surface area contributed by atoms with Crippen LogP contribution in [0.3, 0.4) is 0 Å². The maximum atomic E-state index is 10.9. The molecule has 1 aromatic heterocycles. The Morgan fingerprint density at radius 2 is 2.25 bits per heavy atom. The van der Waals surface area contributed by atoms with Crippen LogP contribution in [0.5, 0.6) is 0 Å². The molecule has 0 amide bonds. The zero-order chi connectivity index (χ0) is 12.0. The van der Waals surface area contributed by atoms with Crippen LogP contribution in [0.1, 0.15) is 25.6 Å². The van der Waals surface area contributed by atoms with E-state index in [2.05, 4.69) is 9.72 Å². The van der Waals surface area contributed by atoms with Gasteiger partial charge >= 0.3 is 5.97 Å². The Balaban J connectivity index is 2.61. The van der Waals surface area contributed by atoms with Gasteiger partial charge in [0.1, 0.15) is 11.9 Å². The molecule has 0 saturated carbocycles. The number of esters is 1. The quantitative estimate of drug-likeness (QED) is 0.444. The lowest BCUT2D eigenvalue weighted by atomic mass is 10.2. The first-order valence-corrected chi connectivity index (χ1v) is 4.97. The Morgan fingerprint density at radius 3 is 2.81 bits per heavy atom. The molecule has 4 heteroatoms. The van der Waals surface area contributed by atoms with Crippen molar-refractivity contribution in [3.63, 3.8) is 0 Å². The molecule has 0 aliphatic rings. The molecule has 0 fully saturated rings. The summed E-state index contributed by atoms with van der Waals surface area (Å²) in [7, 11) is 1.33. The van der Waals surface area contributed by atoms with Gasteiger partial charge in [0, 0.05) is 6.20 Å². The number of hydrogen-bond donors (Lipinski definition) is 0.